The largest absolute Gasteiger partial charge is 0.407 e. The van der Waals surface area contributed by atoms with Gasteiger partial charge in [0.1, 0.15) is 5.69 Å². The van der Waals surface area contributed by atoms with Gasteiger partial charge in [0, 0.05) is 24.1 Å². The molecule has 1 aromatic heterocycles. The van der Waals surface area contributed by atoms with E-state index in [4.69, 9.17) is 9.84 Å². The van der Waals surface area contributed by atoms with E-state index in [1.807, 2.05) is 80.6 Å². The van der Waals surface area contributed by atoms with Crippen molar-refractivity contribution in [3.8, 4) is 34.0 Å². The Morgan fingerprint density at radius 2 is 1.69 bits per heavy atom. The van der Waals surface area contributed by atoms with Crippen molar-refractivity contribution in [1.82, 2.24) is 9.78 Å². The number of amides is 1. The number of rotatable bonds is 6. The summed E-state index contributed by atoms with van der Waals surface area (Å²) in [5.41, 5.74) is 6.86. The fourth-order valence-corrected chi connectivity index (χ4v) is 4.16. The third kappa shape index (κ3) is 4.73. The van der Waals surface area contributed by atoms with E-state index in [1.54, 1.807) is 4.68 Å². The Balaban J connectivity index is 1.68. The van der Waals surface area contributed by atoms with Crippen LogP contribution in [-0.2, 0) is 9.59 Å². The lowest BCUT2D eigenvalue weighted by Gasteiger charge is -2.11. The number of carbonyl (C=O) groups is 2. The highest BCUT2D eigenvalue weighted by molar-refractivity contribution is 5.94. The highest BCUT2D eigenvalue weighted by Gasteiger charge is 2.30. The van der Waals surface area contributed by atoms with Gasteiger partial charge < -0.3 is 10.1 Å². The predicted octanol–water partition coefficient (Wildman–Crippen LogP) is 6.10. The summed E-state index contributed by atoms with van der Waals surface area (Å²) in [6.07, 6.45) is 1.90. The number of carbonyl (C=O) groups excluding carboxylic acids is 2. The standard InChI is InChI=1S/C29H27N3O3/c1-18-7-6-9-23(17-18)27-26(21-13-15-24(16-14-21)30-28(34)22-11-12-22)29(35-20(3)33)32(31-27)25-10-5-4-8-19(25)2/h4-10,13-17,22H,11-12H2,1-3H3,(H,30,34). The molecule has 1 aliphatic carbocycles. The Labute approximate surface area is 204 Å². The Bertz CT molecular complexity index is 1420. The normalized spacial score (nSPS) is 12.9. The number of benzene rings is 3. The van der Waals surface area contributed by atoms with E-state index in [9.17, 15) is 9.59 Å². The van der Waals surface area contributed by atoms with Crippen LogP contribution in [-0.4, -0.2) is 21.7 Å². The number of ether oxygens (including phenoxy) is 1. The van der Waals surface area contributed by atoms with Crippen LogP contribution in [0.1, 0.15) is 30.9 Å². The van der Waals surface area contributed by atoms with Gasteiger partial charge in [-0.25, -0.2) is 0 Å². The molecule has 0 spiro atoms. The number of para-hydroxylation sites is 1. The molecule has 4 aromatic rings. The van der Waals surface area contributed by atoms with Crippen LogP contribution in [0.2, 0.25) is 0 Å². The average Bonchev–Trinajstić information content (AvgIpc) is 3.62. The monoisotopic (exact) mass is 465 g/mol. The average molecular weight is 466 g/mol. The van der Waals surface area contributed by atoms with Crippen molar-refractivity contribution >= 4 is 17.6 Å². The fraction of sp³-hybridized carbons (Fsp3) is 0.207. The first-order valence-electron chi connectivity index (χ1n) is 11.8. The molecule has 0 radical (unpaired) electrons. The second kappa shape index (κ2) is 9.22. The molecular weight excluding hydrogens is 438 g/mol. The smallest absolute Gasteiger partial charge is 0.309 e. The van der Waals surface area contributed by atoms with Crippen LogP contribution < -0.4 is 10.1 Å². The lowest BCUT2D eigenvalue weighted by Crippen LogP contribution is -2.13. The van der Waals surface area contributed by atoms with Crippen molar-refractivity contribution in [1.29, 1.82) is 0 Å². The van der Waals surface area contributed by atoms with E-state index in [1.165, 1.54) is 6.92 Å². The van der Waals surface area contributed by atoms with Gasteiger partial charge in [0.2, 0.25) is 11.8 Å². The summed E-state index contributed by atoms with van der Waals surface area (Å²) >= 11 is 0. The summed E-state index contributed by atoms with van der Waals surface area (Å²) in [6, 6.07) is 23.5. The van der Waals surface area contributed by atoms with Gasteiger partial charge in [-0.2, -0.15) is 9.78 Å². The van der Waals surface area contributed by atoms with Gasteiger partial charge in [-0.1, -0.05) is 54.1 Å². The molecule has 1 heterocycles. The third-order valence-electron chi connectivity index (χ3n) is 6.11. The summed E-state index contributed by atoms with van der Waals surface area (Å²) < 4.78 is 7.50. The van der Waals surface area contributed by atoms with Gasteiger partial charge in [0.25, 0.3) is 0 Å². The number of anilines is 1. The molecule has 0 saturated heterocycles. The molecule has 1 saturated carbocycles. The molecule has 0 aliphatic heterocycles. The Kier molecular flexibility index (Phi) is 5.95. The first-order valence-corrected chi connectivity index (χ1v) is 11.8. The number of hydrogen-bond acceptors (Lipinski definition) is 4. The molecule has 1 fully saturated rings. The zero-order valence-electron chi connectivity index (χ0n) is 20.0. The molecule has 0 unspecified atom stereocenters. The first kappa shape index (κ1) is 22.6. The van der Waals surface area contributed by atoms with Crippen molar-refractivity contribution in [3.63, 3.8) is 0 Å². The van der Waals surface area contributed by atoms with Crippen LogP contribution >= 0.6 is 0 Å². The zero-order valence-corrected chi connectivity index (χ0v) is 20.0. The number of nitrogens with zero attached hydrogens (tertiary/aromatic N) is 2. The maximum Gasteiger partial charge on any atom is 0.309 e. The Hall–Kier alpha value is -4.19. The maximum absolute atomic E-state index is 12.2. The van der Waals surface area contributed by atoms with Crippen molar-refractivity contribution in [2.45, 2.75) is 33.6 Å². The maximum atomic E-state index is 12.2. The second-order valence-corrected chi connectivity index (χ2v) is 9.03. The molecule has 6 heteroatoms. The minimum Gasteiger partial charge on any atom is -0.407 e. The van der Waals surface area contributed by atoms with Crippen LogP contribution in [0.25, 0.3) is 28.1 Å². The van der Waals surface area contributed by atoms with Crippen LogP contribution in [0.3, 0.4) is 0 Å². The SMILES string of the molecule is CC(=O)Oc1c(-c2ccc(NC(=O)C3CC3)cc2)c(-c2cccc(C)c2)nn1-c1ccccc1C. The number of hydrogen-bond donors (Lipinski definition) is 1. The van der Waals surface area contributed by atoms with Crippen LogP contribution in [0, 0.1) is 19.8 Å². The first-order chi connectivity index (χ1) is 16.9. The number of aromatic nitrogens is 2. The molecule has 0 atom stereocenters. The molecule has 1 aliphatic rings. The lowest BCUT2D eigenvalue weighted by atomic mass is 10.00. The number of nitrogens with one attached hydrogen (secondary N) is 1. The molecular formula is C29H27N3O3. The summed E-state index contributed by atoms with van der Waals surface area (Å²) in [4.78, 5) is 24.4. The zero-order chi connectivity index (χ0) is 24.5. The number of aryl methyl sites for hydroxylation is 2. The van der Waals surface area contributed by atoms with Crippen LogP contribution in [0.4, 0.5) is 5.69 Å². The van der Waals surface area contributed by atoms with E-state index in [2.05, 4.69) is 11.4 Å². The molecule has 3 aromatic carbocycles. The van der Waals surface area contributed by atoms with E-state index in [0.29, 0.717) is 17.1 Å². The quantitative estimate of drug-likeness (QED) is 0.349. The minimum absolute atomic E-state index is 0.0613. The van der Waals surface area contributed by atoms with Crippen molar-refractivity contribution < 1.29 is 14.3 Å². The van der Waals surface area contributed by atoms with Crippen molar-refractivity contribution in [2.24, 2.45) is 5.92 Å². The lowest BCUT2D eigenvalue weighted by molar-refractivity contribution is -0.132. The highest BCUT2D eigenvalue weighted by atomic mass is 16.5. The molecule has 5 rings (SSSR count). The van der Waals surface area contributed by atoms with Crippen LogP contribution in [0.15, 0.2) is 72.8 Å². The predicted molar refractivity (Wildman–Crippen MR) is 137 cm³/mol. The van der Waals surface area contributed by atoms with Gasteiger partial charge >= 0.3 is 5.97 Å². The van der Waals surface area contributed by atoms with Crippen molar-refractivity contribution in [3.05, 3.63) is 83.9 Å². The van der Waals surface area contributed by atoms with E-state index < -0.39 is 5.97 Å². The summed E-state index contributed by atoms with van der Waals surface area (Å²) in [7, 11) is 0. The molecule has 1 amide bonds. The Morgan fingerprint density at radius 1 is 0.943 bits per heavy atom. The van der Waals surface area contributed by atoms with Crippen molar-refractivity contribution in [2.75, 3.05) is 5.32 Å². The van der Waals surface area contributed by atoms with Gasteiger partial charge in [-0.3, -0.25) is 9.59 Å². The van der Waals surface area contributed by atoms with Gasteiger partial charge in [0.05, 0.1) is 11.3 Å². The molecule has 176 valence electrons. The molecule has 6 nitrogen and oxygen atoms in total. The molecule has 0 bridgehead atoms. The Morgan fingerprint density at radius 3 is 2.34 bits per heavy atom. The fourth-order valence-electron chi connectivity index (χ4n) is 4.16. The summed E-state index contributed by atoms with van der Waals surface area (Å²) in [5, 5.41) is 7.93. The van der Waals surface area contributed by atoms with Gasteiger partial charge in [0.15, 0.2) is 0 Å². The molecule has 35 heavy (non-hydrogen) atoms. The van der Waals surface area contributed by atoms with Crippen LogP contribution in [0.5, 0.6) is 5.88 Å². The van der Waals surface area contributed by atoms with E-state index in [-0.39, 0.29) is 11.8 Å². The summed E-state index contributed by atoms with van der Waals surface area (Å²) in [6.45, 7) is 5.42. The van der Waals surface area contributed by atoms with Gasteiger partial charge in [-0.15, -0.1) is 0 Å². The van der Waals surface area contributed by atoms with Gasteiger partial charge in [-0.05, 0) is 62.1 Å². The molecule has 1 N–H and O–H groups in total. The third-order valence-corrected chi connectivity index (χ3v) is 6.11. The topological polar surface area (TPSA) is 73.2 Å². The second-order valence-electron chi connectivity index (χ2n) is 9.03. The number of esters is 1. The van der Waals surface area contributed by atoms with E-state index in [0.717, 1.165) is 46.5 Å². The highest BCUT2D eigenvalue weighted by Crippen LogP contribution is 2.42. The minimum atomic E-state index is -0.426. The van der Waals surface area contributed by atoms with E-state index >= 15 is 0 Å². The summed E-state index contributed by atoms with van der Waals surface area (Å²) in [5.74, 6) is 0.125.